The zero-order valence-corrected chi connectivity index (χ0v) is 33.8. The molecular weight excluding hydrogens is 695 g/mol. The molecule has 0 heterocycles. The van der Waals surface area contributed by atoms with Crippen LogP contribution in [0.2, 0.25) is 0 Å². The number of carboxylic acid groups (broad SMARTS) is 1. The van der Waals surface area contributed by atoms with Gasteiger partial charge in [-0.3, -0.25) is 9.59 Å². The van der Waals surface area contributed by atoms with Crippen LogP contribution in [0, 0.1) is 12.8 Å². The molecule has 5 aromatic rings. The number of benzene rings is 5. The standard InChI is InChI=1S/C37H37NO4.2C6H13N/c1-21-12-13-24-27-16-19-30(37(41)42)35-28(31(39)20-22-8-4-2-5-9-22)17-14-26(34(27)35)25-15-18-29(32(21)33(24)25)36(40)38-23-10-6-3-7-11-23;2*7-6-4-2-1-3-5-6/h12-19,22-23H,2-11,20H2,1H3,(H,38,40)(H,41,42);2*6H,1-5,7H2/p+1. The highest BCUT2D eigenvalue weighted by atomic mass is 16.4. The van der Waals surface area contributed by atoms with Crippen LogP contribution in [0.4, 0.5) is 0 Å². The fourth-order valence-electron chi connectivity index (χ4n) is 10.3. The maximum Gasteiger partial charge on any atom is 0.252 e. The molecule has 7 nitrogen and oxygen atoms in total. The Labute approximate surface area is 332 Å². The quantitative estimate of drug-likeness (QED) is 0.0905. The molecule has 4 fully saturated rings. The fraction of sp³-hybridized carbons (Fsp3) is 0.531. The van der Waals surface area contributed by atoms with E-state index in [4.69, 9.17) is 0 Å². The number of amides is 1. The third-order valence-corrected chi connectivity index (χ3v) is 13.5. The second kappa shape index (κ2) is 18.5. The Morgan fingerprint density at radius 1 is 0.536 bits per heavy atom. The Hall–Kier alpha value is -4.07. The van der Waals surface area contributed by atoms with Gasteiger partial charge in [0.15, 0.2) is 5.78 Å². The van der Waals surface area contributed by atoms with Crippen molar-refractivity contribution in [2.24, 2.45) is 5.92 Å². The summed E-state index contributed by atoms with van der Waals surface area (Å²) in [5, 5.41) is 22.6. The number of carboxylic acids is 1. The summed E-state index contributed by atoms with van der Waals surface area (Å²) in [5.74, 6) is -0.970. The summed E-state index contributed by atoms with van der Waals surface area (Å²) < 4.78 is 0. The number of Topliss-reactive ketones (excluding diaryl/α,β-unsaturated/α-hetero) is 1. The molecule has 4 aliphatic carbocycles. The number of carbonyl (C=O) groups is 3. The average Bonchev–Trinajstić information content (AvgIpc) is 3.21. The van der Waals surface area contributed by atoms with Crippen molar-refractivity contribution in [3.8, 4) is 0 Å². The molecule has 9 rings (SSSR count). The summed E-state index contributed by atoms with van der Waals surface area (Å²) in [6.45, 7) is 2.04. The fourth-order valence-corrected chi connectivity index (χ4v) is 10.3. The smallest absolute Gasteiger partial charge is 0.252 e. The van der Waals surface area contributed by atoms with Crippen LogP contribution in [-0.2, 0) is 0 Å². The van der Waals surface area contributed by atoms with E-state index >= 15 is 0 Å². The topological polar surface area (TPSA) is 142 Å². The maximum absolute atomic E-state index is 13.7. The third kappa shape index (κ3) is 8.89. The van der Waals surface area contributed by atoms with Gasteiger partial charge >= 0.3 is 0 Å². The first-order valence-corrected chi connectivity index (χ1v) is 22.1. The predicted octanol–water partition coefficient (Wildman–Crippen LogP) is 8.75. The minimum absolute atomic E-state index is 0.00248. The van der Waals surface area contributed by atoms with Gasteiger partial charge < -0.3 is 26.7 Å². The van der Waals surface area contributed by atoms with Gasteiger partial charge in [-0.15, -0.1) is 0 Å². The highest BCUT2D eigenvalue weighted by Gasteiger charge is 2.26. The van der Waals surface area contributed by atoms with Crippen molar-refractivity contribution in [2.45, 2.75) is 160 Å². The van der Waals surface area contributed by atoms with Crippen molar-refractivity contribution in [3.05, 3.63) is 70.8 Å². The highest BCUT2D eigenvalue weighted by molar-refractivity contribution is 6.37. The summed E-state index contributed by atoms with van der Waals surface area (Å²) in [7, 11) is 0. The molecule has 0 spiro atoms. The van der Waals surface area contributed by atoms with Gasteiger partial charge in [-0.05, 0) is 126 Å². The molecular formula is C49H64N3O4+. The molecule has 4 aliphatic rings. The van der Waals surface area contributed by atoms with E-state index in [0.717, 1.165) is 107 Å². The number of hydrogen-bond acceptors (Lipinski definition) is 4. The number of quaternary nitrogens is 2. The lowest BCUT2D eigenvalue weighted by molar-refractivity contribution is -0.425. The van der Waals surface area contributed by atoms with Crippen LogP contribution < -0.4 is 21.9 Å². The lowest BCUT2D eigenvalue weighted by Gasteiger charge is -2.24. The van der Waals surface area contributed by atoms with Crippen molar-refractivity contribution in [1.82, 2.24) is 5.32 Å². The largest absolute Gasteiger partial charge is 0.545 e. The number of fused-ring (bicyclic) bond motifs is 2. The molecule has 56 heavy (non-hydrogen) atoms. The van der Waals surface area contributed by atoms with Crippen LogP contribution in [0.25, 0.3) is 43.1 Å². The van der Waals surface area contributed by atoms with Gasteiger partial charge in [-0.2, -0.15) is 0 Å². The van der Waals surface area contributed by atoms with Gasteiger partial charge in [0.05, 0.1) is 18.1 Å². The number of rotatable bonds is 6. The van der Waals surface area contributed by atoms with Crippen LogP contribution in [0.5, 0.6) is 0 Å². The first-order chi connectivity index (χ1) is 27.2. The van der Waals surface area contributed by atoms with Crippen molar-refractivity contribution in [1.29, 1.82) is 0 Å². The normalized spacial score (nSPS) is 19.1. The number of ketones is 1. The first-order valence-electron chi connectivity index (χ1n) is 22.1. The Balaban J connectivity index is 0.000000288. The molecule has 5 aromatic carbocycles. The Morgan fingerprint density at radius 3 is 1.45 bits per heavy atom. The van der Waals surface area contributed by atoms with Gasteiger partial charge in [0.2, 0.25) is 0 Å². The van der Waals surface area contributed by atoms with Crippen LogP contribution in [0.3, 0.4) is 0 Å². The van der Waals surface area contributed by atoms with Crippen molar-refractivity contribution >= 4 is 60.7 Å². The first kappa shape index (κ1) is 40.1. The molecule has 1 amide bonds. The SMILES string of the molecule is Cc1ccc2c3ccc(C(=O)[O-])c4c(C(=O)CC5CCCCC5)ccc(c5ccc(C(=O)NC6CCCCC6)c1c25)c43.[NH3+]C1CCCCC1.[NH3+]C1CCCCC1. The molecule has 7 heteroatoms. The lowest BCUT2D eigenvalue weighted by Crippen LogP contribution is -2.61. The Bertz CT molecular complexity index is 2110. The summed E-state index contributed by atoms with van der Waals surface area (Å²) in [6.07, 6.45) is 25.7. The van der Waals surface area contributed by atoms with Crippen molar-refractivity contribution in [3.63, 3.8) is 0 Å². The van der Waals surface area contributed by atoms with E-state index in [-0.39, 0.29) is 23.3 Å². The minimum atomic E-state index is -1.28. The van der Waals surface area contributed by atoms with E-state index < -0.39 is 5.97 Å². The second-order valence-corrected chi connectivity index (χ2v) is 17.6. The molecule has 0 radical (unpaired) electrons. The van der Waals surface area contributed by atoms with E-state index in [1.165, 1.54) is 77.0 Å². The number of nitrogens with one attached hydrogen (secondary N) is 1. The summed E-state index contributed by atoms with van der Waals surface area (Å²) in [5.41, 5.74) is 10.2. The predicted molar refractivity (Wildman–Crippen MR) is 226 cm³/mol. The average molecular weight is 759 g/mol. The molecule has 7 N–H and O–H groups in total. The summed E-state index contributed by atoms with van der Waals surface area (Å²) >= 11 is 0. The van der Waals surface area contributed by atoms with Gasteiger partial charge in [0.1, 0.15) is 0 Å². The van der Waals surface area contributed by atoms with E-state index in [9.17, 15) is 19.5 Å². The second-order valence-electron chi connectivity index (χ2n) is 17.6. The number of carbonyl (C=O) groups excluding carboxylic acids is 3. The highest BCUT2D eigenvalue weighted by Crippen LogP contribution is 2.44. The molecule has 0 aliphatic heterocycles. The van der Waals surface area contributed by atoms with Gasteiger partial charge in [0.25, 0.3) is 5.91 Å². The van der Waals surface area contributed by atoms with Crippen LogP contribution in [0.1, 0.15) is 171 Å². The zero-order chi connectivity index (χ0) is 39.2. The summed E-state index contributed by atoms with van der Waals surface area (Å²) in [4.78, 5) is 39.8. The van der Waals surface area contributed by atoms with Crippen molar-refractivity contribution < 1.29 is 31.0 Å². The minimum Gasteiger partial charge on any atom is -0.545 e. The maximum atomic E-state index is 13.7. The van der Waals surface area contributed by atoms with Crippen molar-refractivity contribution in [2.75, 3.05) is 0 Å². The monoisotopic (exact) mass is 758 g/mol. The number of aryl methyl sites for hydroxylation is 1. The molecule has 0 saturated heterocycles. The van der Waals surface area contributed by atoms with Gasteiger partial charge in [0, 0.05) is 34.5 Å². The van der Waals surface area contributed by atoms with Crippen LogP contribution in [-0.4, -0.2) is 35.8 Å². The Morgan fingerprint density at radius 2 is 0.964 bits per heavy atom. The Kier molecular flexibility index (Phi) is 13.2. The van der Waals surface area contributed by atoms with Crippen LogP contribution in [0.15, 0.2) is 48.5 Å². The molecule has 4 saturated carbocycles. The van der Waals surface area contributed by atoms with Crippen LogP contribution >= 0.6 is 0 Å². The van der Waals surface area contributed by atoms with E-state index in [2.05, 4.69) is 22.9 Å². The van der Waals surface area contributed by atoms with E-state index in [1.807, 2.05) is 43.3 Å². The summed E-state index contributed by atoms with van der Waals surface area (Å²) in [6, 6.07) is 17.0. The number of aromatic carboxylic acids is 1. The molecule has 298 valence electrons. The van der Waals surface area contributed by atoms with Gasteiger partial charge in [-0.25, -0.2) is 0 Å². The molecule has 0 atom stereocenters. The van der Waals surface area contributed by atoms with Gasteiger partial charge in [-0.1, -0.05) is 107 Å². The van der Waals surface area contributed by atoms with E-state index in [0.29, 0.717) is 28.9 Å². The number of hydrogen-bond donors (Lipinski definition) is 3. The lowest BCUT2D eigenvalue weighted by atomic mass is 9.81. The molecule has 0 aromatic heterocycles. The molecule has 0 bridgehead atoms. The third-order valence-electron chi connectivity index (χ3n) is 13.5. The molecule has 0 unspecified atom stereocenters. The van der Waals surface area contributed by atoms with E-state index in [1.54, 1.807) is 6.07 Å². The zero-order valence-electron chi connectivity index (χ0n) is 33.8.